The van der Waals surface area contributed by atoms with Gasteiger partial charge in [-0.15, -0.1) is 0 Å². The summed E-state index contributed by atoms with van der Waals surface area (Å²) in [5.41, 5.74) is 0. The summed E-state index contributed by atoms with van der Waals surface area (Å²) in [4.78, 5) is 13.0. The van der Waals surface area contributed by atoms with Gasteiger partial charge in [-0.3, -0.25) is 4.79 Å². The van der Waals surface area contributed by atoms with E-state index in [2.05, 4.69) is 31.3 Å². The lowest BCUT2D eigenvalue weighted by Crippen LogP contribution is -2.60. The Bertz CT molecular complexity index is 1150. The Morgan fingerprint density at radius 3 is 1.16 bits per heavy atom. The van der Waals surface area contributed by atoms with Crippen molar-refractivity contribution in [2.75, 3.05) is 13.2 Å². The first-order chi connectivity index (χ1) is 34.3. The predicted octanol–water partition coefficient (Wildman–Crippen LogP) is 15.4. The number of carbonyl (C=O) groups excluding carboxylic acids is 1. The standard InChI is InChI=1S/C61H117NO8/c1-3-5-7-9-11-13-15-16-17-18-19-20-21-22-23-24-25-26-27-28-29-30-31-32-33-34-35-36-37-38-39-40-41-43-45-47-49-51-57(65)62-54(53-69-61-60(68)59(67)58(66)56(52-63)70-61)55(64)50-48-46-44-42-14-12-10-8-6-4-2/h26-27,48,50,54-56,58-61,63-64,66-68H,3-25,28-47,49,51-53H2,1-2H3,(H,62,65)/b27-26-,50-48+. The monoisotopic (exact) mass is 992 g/mol. The molecule has 1 rings (SSSR count). The van der Waals surface area contributed by atoms with Gasteiger partial charge in [0, 0.05) is 6.42 Å². The molecule has 1 aliphatic rings. The van der Waals surface area contributed by atoms with Crippen molar-refractivity contribution in [3.63, 3.8) is 0 Å². The van der Waals surface area contributed by atoms with Crippen molar-refractivity contribution in [2.45, 2.75) is 346 Å². The maximum absolute atomic E-state index is 13.0. The van der Waals surface area contributed by atoms with Crippen molar-refractivity contribution < 1.29 is 39.8 Å². The molecule has 414 valence electrons. The molecule has 0 aromatic rings. The van der Waals surface area contributed by atoms with Gasteiger partial charge < -0.3 is 40.3 Å². The van der Waals surface area contributed by atoms with Crippen molar-refractivity contribution in [3.8, 4) is 0 Å². The maximum atomic E-state index is 13.0. The number of unbranched alkanes of at least 4 members (excludes halogenated alkanes) is 41. The topological polar surface area (TPSA) is 149 Å². The molecule has 0 aromatic carbocycles. The molecule has 6 N–H and O–H groups in total. The second-order valence-electron chi connectivity index (χ2n) is 21.5. The molecule has 70 heavy (non-hydrogen) atoms. The predicted molar refractivity (Wildman–Crippen MR) is 295 cm³/mol. The molecule has 0 aliphatic carbocycles. The van der Waals surface area contributed by atoms with Gasteiger partial charge >= 0.3 is 0 Å². The highest BCUT2D eigenvalue weighted by atomic mass is 16.7. The van der Waals surface area contributed by atoms with Crippen LogP contribution in [0.4, 0.5) is 0 Å². The summed E-state index contributed by atoms with van der Waals surface area (Å²) < 4.78 is 11.2. The van der Waals surface area contributed by atoms with Crippen LogP contribution in [-0.2, 0) is 14.3 Å². The Morgan fingerprint density at radius 1 is 0.471 bits per heavy atom. The number of aliphatic hydroxyl groups excluding tert-OH is 5. The second kappa shape index (κ2) is 51.2. The third-order valence-corrected chi connectivity index (χ3v) is 14.8. The number of aliphatic hydroxyl groups is 5. The minimum absolute atomic E-state index is 0.174. The van der Waals surface area contributed by atoms with Crippen molar-refractivity contribution in [2.24, 2.45) is 0 Å². The molecule has 1 amide bonds. The van der Waals surface area contributed by atoms with E-state index in [1.165, 1.54) is 244 Å². The minimum atomic E-state index is -1.56. The molecule has 1 fully saturated rings. The van der Waals surface area contributed by atoms with Gasteiger partial charge in [0.25, 0.3) is 0 Å². The molecule has 0 spiro atoms. The largest absolute Gasteiger partial charge is 0.394 e. The summed E-state index contributed by atoms with van der Waals surface area (Å²) in [5, 5.41) is 54.3. The lowest BCUT2D eigenvalue weighted by atomic mass is 9.99. The van der Waals surface area contributed by atoms with Gasteiger partial charge in [-0.2, -0.15) is 0 Å². The summed E-state index contributed by atoms with van der Waals surface area (Å²) in [6.07, 6.45) is 58.7. The van der Waals surface area contributed by atoms with Gasteiger partial charge in [-0.1, -0.05) is 276 Å². The third-order valence-electron chi connectivity index (χ3n) is 14.8. The smallest absolute Gasteiger partial charge is 0.220 e. The number of allylic oxidation sites excluding steroid dienone is 3. The first-order valence-electron chi connectivity index (χ1n) is 30.6. The molecule has 0 bridgehead atoms. The zero-order valence-electron chi connectivity index (χ0n) is 46.0. The quantitative estimate of drug-likeness (QED) is 0.0261. The van der Waals surface area contributed by atoms with Crippen LogP contribution in [0.25, 0.3) is 0 Å². The normalized spacial score (nSPS) is 19.4. The van der Waals surface area contributed by atoms with E-state index in [1.54, 1.807) is 6.08 Å². The molecular formula is C61H117NO8. The minimum Gasteiger partial charge on any atom is -0.394 e. The second-order valence-corrected chi connectivity index (χ2v) is 21.5. The maximum Gasteiger partial charge on any atom is 0.220 e. The number of rotatable bonds is 53. The highest BCUT2D eigenvalue weighted by Gasteiger charge is 2.44. The van der Waals surface area contributed by atoms with E-state index in [1.807, 2.05) is 6.08 Å². The molecular weight excluding hydrogens is 875 g/mol. The van der Waals surface area contributed by atoms with Crippen LogP contribution in [0.5, 0.6) is 0 Å². The fourth-order valence-corrected chi connectivity index (χ4v) is 9.92. The number of ether oxygens (including phenoxy) is 2. The Balaban J connectivity index is 2.02. The van der Waals surface area contributed by atoms with Crippen molar-refractivity contribution in [1.82, 2.24) is 5.32 Å². The van der Waals surface area contributed by atoms with Gasteiger partial charge in [0.1, 0.15) is 24.4 Å². The average molecular weight is 993 g/mol. The Kier molecular flexibility index (Phi) is 48.7. The first kappa shape index (κ1) is 66.7. The number of hydrogen-bond acceptors (Lipinski definition) is 8. The lowest BCUT2D eigenvalue weighted by Gasteiger charge is -2.40. The van der Waals surface area contributed by atoms with Gasteiger partial charge in [0.15, 0.2) is 6.29 Å². The van der Waals surface area contributed by atoms with E-state index >= 15 is 0 Å². The lowest BCUT2D eigenvalue weighted by molar-refractivity contribution is -0.302. The van der Waals surface area contributed by atoms with Crippen molar-refractivity contribution >= 4 is 5.91 Å². The van der Waals surface area contributed by atoms with Crippen LogP contribution in [0, 0.1) is 0 Å². The fourth-order valence-electron chi connectivity index (χ4n) is 9.92. The van der Waals surface area contributed by atoms with E-state index in [-0.39, 0.29) is 12.5 Å². The van der Waals surface area contributed by atoms with Crippen molar-refractivity contribution in [3.05, 3.63) is 24.3 Å². The highest BCUT2D eigenvalue weighted by Crippen LogP contribution is 2.23. The summed E-state index contributed by atoms with van der Waals surface area (Å²) in [7, 11) is 0. The molecule has 1 aliphatic heterocycles. The van der Waals surface area contributed by atoms with Crippen LogP contribution in [0.1, 0.15) is 303 Å². The molecule has 7 unspecified atom stereocenters. The number of amides is 1. The van der Waals surface area contributed by atoms with E-state index in [0.29, 0.717) is 6.42 Å². The summed E-state index contributed by atoms with van der Waals surface area (Å²) in [5.74, 6) is -0.174. The van der Waals surface area contributed by atoms with E-state index < -0.39 is 49.5 Å². The zero-order valence-corrected chi connectivity index (χ0v) is 46.0. The fraction of sp³-hybridized carbons (Fsp3) is 0.918. The zero-order chi connectivity index (χ0) is 50.8. The summed E-state index contributed by atoms with van der Waals surface area (Å²) in [6.45, 7) is 3.78. The van der Waals surface area contributed by atoms with Gasteiger partial charge in [-0.25, -0.2) is 0 Å². The van der Waals surface area contributed by atoms with E-state index in [4.69, 9.17) is 9.47 Å². The summed E-state index contributed by atoms with van der Waals surface area (Å²) >= 11 is 0. The summed E-state index contributed by atoms with van der Waals surface area (Å²) in [6, 6.07) is -0.800. The Labute approximate surface area is 432 Å². The molecule has 1 saturated heterocycles. The van der Waals surface area contributed by atoms with Crippen LogP contribution in [0.3, 0.4) is 0 Å². The Morgan fingerprint density at radius 2 is 0.800 bits per heavy atom. The SMILES string of the molecule is CCCCCCCCCC/C=C/C(O)C(COC1OC(CO)C(O)C(O)C1O)NC(=O)CCCCCCCCCCCCCCCCCCC/C=C\CCCCCCCCCCCCCCCCCC. The molecule has 7 atom stereocenters. The van der Waals surface area contributed by atoms with Crippen LogP contribution < -0.4 is 5.32 Å². The van der Waals surface area contributed by atoms with E-state index in [9.17, 15) is 30.3 Å². The Hall–Kier alpha value is -1.33. The van der Waals surface area contributed by atoms with Crippen LogP contribution in [-0.4, -0.2) is 87.5 Å². The van der Waals surface area contributed by atoms with Gasteiger partial charge in [-0.05, 0) is 44.9 Å². The molecule has 0 radical (unpaired) electrons. The van der Waals surface area contributed by atoms with Crippen LogP contribution in [0.2, 0.25) is 0 Å². The van der Waals surface area contributed by atoms with Gasteiger partial charge in [0.05, 0.1) is 25.4 Å². The highest BCUT2D eigenvalue weighted by molar-refractivity contribution is 5.76. The molecule has 0 aromatic heterocycles. The molecule has 0 saturated carbocycles. The average Bonchev–Trinajstić information content (AvgIpc) is 3.36. The third kappa shape index (κ3) is 40.1. The van der Waals surface area contributed by atoms with E-state index in [0.717, 1.165) is 38.5 Å². The number of nitrogens with one attached hydrogen (secondary N) is 1. The van der Waals surface area contributed by atoms with Crippen LogP contribution in [0.15, 0.2) is 24.3 Å². The van der Waals surface area contributed by atoms with Crippen LogP contribution >= 0.6 is 0 Å². The van der Waals surface area contributed by atoms with Crippen molar-refractivity contribution in [1.29, 1.82) is 0 Å². The first-order valence-corrected chi connectivity index (χ1v) is 30.6. The molecule has 9 nitrogen and oxygen atoms in total. The molecule has 9 heteroatoms. The van der Waals surface area contributed by atoms with Gasteiger partial charge in [0.2, 0.25) is 5.91 Å². The molecule has 1 heterocycles. The number of hydrogen-bond donors (Lipinski definition) is 6. The number of carbonyl (C=O) groups is 1.